The second-order valence-corrected chi connectivity index (χ2v) is 10.8. The summed E-state index contributed by atoms with van der Waals surface area (Å²) in [5, 5.41) is 4.95. The highest BCUT2D eigenvalue weighted by Crippen LogP contribution is 2.30. The predicted molar refractivity (Wildman–Crippen MR) is 102 cm³/mol. The summed E-state index contributed by atoms with van der Waals surface area (Å²) in [7, 11) is -3.57. The lowest BCUT2D eigenvalue weighted by atomic mass is 9.99. The van der Waals surface area contributed by atoms with Crippen LogP contribution in [0, 0.1) is 5.92 Å². The van der Waals surface area contributed by atoms with E-state index in [-0.39, 0.29) is 22.6 Å². The Morgan fingerprint density at radius 3 is 2.88 bits per heavy atom. The minimum atomic E-state index is -3.57. The Morgan fingerprint density at radius 2 is 2.20 bits per heavy atom. The molecule has 1 amide bonds. The van der Waals surface area contributed by atoms with Crippen molar-refractivity contribution in [3.05, 3.63) is 38.9 Å². The monoisotopic (exact) mass is 418 g/mol. The summed E-state index contributed by atoms with van der Waals surface area (Å²) in [5.74, 6) is -0.372. The Bertz CT molecular complexity index is 818. The van der Waals surface area contributed by atoms with E-state index in [4.69, 9.17) is 11.6 Å². The molecule has 136 valence electrons. The normalized spacial score (nSPS) is 19.0. The van der Waals surface area contributed by atoms with E-state index in [9.17, 15) is 13.2 Å². The van der Waals surface area contributed by atoms with Gasteiger partial charge in [0.1, 0.15) is 4.21 Å². The van der Waals surface area contributed by atoms with Crippen LogP contribution < -0.4 is 5.32 Å². The Hall–Kier alpha value is -0.930. The molecule has 9 heteroatoms. The van der Waals surface area contributed by atoms with Gasteiger partial charge in [-0.3, -0.25) is 4.79 Å². The lowest BCUT2D eigenvalue weighted by Gasteiger charge is -2.30. The van der Waals surface area contributed by atoms with E-state index >= 15 is 0 Å². The van der Waals surface area contributed by atoms with Gasteiger partial charge in [0, 0.05) is 24.5 Å². The third-order valence-corrected chi connectivity index (χ3v) is 8.65. The quantitative estimate of drug-likeness (QED) is 0.783. The van der Waals surface area contributed by atoms with Crippen LogP contribution in [0.4, 0.5) is 0 Å². The van der Waals surface area contributed by atoms with Crippen molar-refractivity contribution in [1.29, 1.82) is 0 Å². The minimum Gasteiger partial charge on any atom is -0.355 e. The van der Waals surface area contributed by atoms with Gasteiger partial charge >= 0.3 is 0 Å². The number of nitrogens with zero attached hydrogens (tertiary/aromatic N) is 1. The van der Waals surface area contributed by atoms with Crippen LogP contribution in [0.2, 0.25) is 4.34 Å². The van der Waals surface area contributed by atoms with Gasteiger partial charge in [0.05, 0.1) is 10.3 Å². The van der Waals surface area contributed by atoms with Gasteiger partial charge in [-0.2, -0.15) is 4.31 Å². The fourth-order valence-electron chi connectivity index (χ4n) is 2.85. The van der Waals surface area contributed by atoms with Gasteiger partial charge in [0.2, 0.25) is 5.91 Å². The number of thiophene rings is 2. The highest BCUT2D eigenvalue weighted by molar-refractivity contribution is 7.91. The van der Waals surface area contributed by atoms with Crippen molar-refractivity contribution >= 4 is 50.2 Å². The van der Waals surface area contributed by atoms with Crippen LogP contribution in [0.3, 0.4) is 0 Å². The molecule has 2 aromatic heterocycles. The van der Waals surface area contributed by atoms with Crippen molar-refractivity contribution in [1.82, 2.24) is 9.62 Å². The van der Waals surface area contributed by atoms with Gasteiger partial charge in [-0.1, -0.05) is 17.7 Å². The summed E-state index contributed by atoms with van der Waals surface area (Å²) in [4.78, 5) is 13.6. The lowest BCUT2D eigenvalue weighted by Crippen LogP contribution is -2.45. The molecule has 1 aliphatic heterocycles. The van der Waals surface area contributed by atoms with E-state index in [1.165, 1.54) is 15.2 Å². The van der Waals surface area contributed by atoms with Gasteiger partial charge in [0.25, 0.3) is 10.0 Å². The molecule has 0 radical (unpaired) electrons. The number of halogens is 1. The predicted octanol–water partition coefficient (Wildman–Crippen LogP) is 3.22. The average molecular weight is 419 g/mol. The zero-order chi connectivity index (χ0) is 17.9. The molecule has 1 N–H and O–H groups in total. The third kappa shape index (κ3) is 4.62. The molecule has 1 atom stereocenters. The molecule has 3 heterocycles. The average Bonchev–Trinajstić information content (AvgIpc) is 3.27. The van der Waals surface area contributed by atoms with Crippen molar-refractivity contribution in [3.8, 4) is 0 Å². The third-order valence-electron chi connectivity index (χ3n) is 4.15. The Balaban J connectivity index is 1.57. The topological polar surface area (TPSA) is 66.5 Å². The molecule has 1 unspecified atom stereocenters. The first-order valence-corrected chi connectivity index (χ1v) is 11.5. The van der Waals surface area contributed by atoms with Crippen LogP contribution in [-0.4, -0.2) is 38.3 Å². The van der Waals surface area contributed by atoms with E-state index in [1.807, 2.05) is 17.5 Å². The van der Waals surface area contributed by atoms with Gasteiger partial charge < -0.3 is 5.32 Å². The van der Waals surface area contributed by atoms with E-state index < -0.39 is 10.0 Å². The maximum absolute atomic E-state index is 12.7. The summed E-state index contributed by atoms with van der Waals surface area (Å²) in [6, 6.07) is 7.13. The van der Waals surface area contributed by atoms with E-state index in [2.05, 4.69) is 5.32 Å². The number of hydrogen-bond acceptors (Lipinski definition) is 5. The van der Waals surface area contributed by atoms with Crippen LogP contribution >= 0.6 is 34.3 Å². The second kappa shape index (κ2) is 8.18. The fourth-order valence-corrected chi connectivity index (χ4v) is 6.72. The Kier molecular flexibility index (Phi) is 6.17. The van der Waals surface area contributed by atoms with E-state index in [0.717, 1.165) is 17.8 Å². The van der Waals surface area contributed by atoms with Gasteiger partial charge in [0.15, 0.2) is 0 Å². The summed E-state index contributed by atoms with van der Waals surface area (Å²) in [6.07, 6.45) is 2.19. The molecule has 0 spiro atoms. The number of carbonyl (C=O) groups is 1. The number of sulfonamides is 1. The Labute approximate surface area is 160 Å². The van der Waals surface area contributed by atoms with E-state index in [1.54, 1.807) is 17.4 Å². The number of amides is 1. The van der Waals surface area contributed by atoms with Crippen LogP contribution in [0.1, 0.15) is 17.7 Å². The largest absolute Gasteiger partial charge is 0.355 e. The SMILES string of the molecule is O=C(NCCc1cccs1)C1CCCN(S(=O)(=O)c2ccc(Cl)s2)C1. The molecule has 0 saturated carbocycles. The standard InChI is InChI=1S/C16H19ClN2O3S3/c17-14-5-6-15(24-14)25(21,22)19-9-1-3-12(11-19)16(20)18-8-7-13-4-2-10-23-13/h2,4-6,10,12H,1,3,7-9,11H2,(H,18,20). The van der Waals surface area contributed by atoms with E-state index in [0.29, 0.717) is 30.3 Å². The molecule has 0 bridgehead atoms. The highest BCUT2D eigenvalue weighted by Gasteiger charge is 2.33. The first-order valence-electron chi connectivity index (χ1n) is 8.02. The fraction of sp³-hybridized carbons (Fsp3) is 0.438. The number of hydrogen-bond donors (Lipinski definition) is 1. The Morgan fingerprint density at radius 1 is 1.36 bits per heavy atom. The minimum absolute atomic E-state index is 0.0688. The van der Waals surface area contributed by atoms with Gasteiger partial charge in [-0.15, -0.1) is 22.7 Å². The van der Waals surface area contributed by atoms with Crippen molar-refractivity contribution in [2.75, 3.05) is 19.6 Å². The van der Waals surface area contributed by atoms with Gasteiger partial charge in [-0.25, -0.2) is 8.42 Å². The molecule has 2 aromatic rings. The van der Waals surface area contributed by atoms with Crippen molar-refractivity contribution in [2.45, 2.75) is 23.5 Å². The molecule has 0 aliphatic carbocycles. The first kappa shape index (κ1) is 18.8. The molecule has 1 fully saturated rings. The summed E-state index contributed by atoms with van der Waals surface area (Å²) in [5.41, 5.74) is 0. The molecule has 25 heavy (non-hydrogen) atoms. The summed E-state index contributed by atoms with van der Waals surface area (Å²) in [6.45, 7) is 1.24. The molecule has 1 saturated heterocycles. The zero-order valence-electron chi connectivity index (χ0n) is 13.5. The molecule has 0 aromatic carbocycles. The van der Waals surface area contributed by atoms with Crippen molar-refractivity contribution in [3.63, 3.8) is 0 Å². The number of nitrogens with one attached hydrogen (secondary N) is 1. The summed E-state index contributed by atoms with van der Waals surface area (Å²) >= 11 is 8.57. The number of carbonyl (C=O) groups excluding carboxylic acids is 1. The maximum atomic E-state index is 12.7. The lowest BCUT2D eigenvalue weighted by molar-refractivity contribution is -0.126. The molecular formula is C16H19ClN2O3S3. The van der Waals surface area contributed by atoms with Crippen molar-refractivity contribution < 1.29 is 13.2 Å². The van der Waals surface area contributed by atoms with Gasteiger partial charge in [-0.05, 0) is 42.8 Å². The highest BCUT2D eigenvalue weighted by atomic mass is 35.5. The maximum Gasteiger partial charge on any atom is 0.252 e. The number of piperidine rings is 1. The molecule has 3 rings (SSSR count). The van der Waals surface area contributed by atoms with Crippen LogP contribution in [0.5, 0.6) is 0 Å². The number of rotatable bonds is 6. The first-order chi connectivity index (χ1) is 12.0. The zero-order valence-corrected chi connectivity index (χ0v) is 16.7. The van der Waals surface area contributed by atoms with Crippen LogP contribution in [0.15, 0.2) is 33.9 Å². The van der Waals surface area contributed by atoms with Crippen LogP contribution in [-0.2, 0) is 21.2 Å². The molecule has 1 aliphatic rings. The van der Waals surface area contributed by atoms with Crippen molar-refractivity contribution in [2.24, 2.45) is 5.92 Å². The molecule has 5 nitrogen and oxygen atoms in total. The van der Waals surface area contributed by atoms with Crippen LogP contribution in [0.25, 0.3) is 0 Å². The smallest absolute Gasteiger partial charge is 0.252 e. The molecular weight excluding hydrogens is 400 g/mol. The summed E-state index contributed by atoms with van der Waals surface area (Å²) < 4.78 is 27.5. The second-order valence-electron chi connectivity index (χ2n) is 5.88.